The minimum atomic E-state index is -1.94. The Labute approximate surface area is 190 Å². The fourth-order valence-corrected chi connectivity index (χ4v) is 4.08. The maximum Gasteiger partial charge on any atom is 0.184 e. The van der Waals surface area contributed by atoms with E-state index < -0.39 is 86.3 Å². The molecule has 0 radical (unpaired) electrons. The Hall–Kier alpha value is -1.07. The summed E-state index contributed by atoms with van der Waals surface area (Å²) in [5.74, 6) is -0.467. The molecule has 2 rings (SSSR count). The molecule has 0 saturated carbocycles. The maximum absolute atomic E-state index is 10.8. The van der Waals surface area contributed by atoms with Crippen molar-refractivity contribution in [2.45, 2.75) is 80.5 Å². The van der Waals surface area contributed by atoms with Crippen LogP contribution in [0, 0.1) is 5.92 Å². The van der Waals surface area contributed by atoms with Crippen LogP contribution in [0.25, 0.3) is 0 Å². The topological polar surface area (TPSA) is 230 Å². The summed E-state index contributed by atoms with van der Waals surface area (Å²) in [6.45, 7) is -0.111. The first-order chi connectivity index (χ1) is 15.6. The maximum atomic E-state index is 10.8. The molecule has 0 bridgehead atoms. The summed E-state index contributed by atoms with van der Waals surface area (Å²) in [6.07, 6.45) is -12.1. The Kier molecular flexibility index (Phi) is 10.7. The van der Waals surface area contributed by atoms with Crippen molar-refractivity contribution in [1.82, 2.24) is 5.32 Å². The van der Waals surface area contributed by atoms with Gasteiger partial charge in [0.25, 0.3) is 0 Å². The molecule has 1 saturated heterocycles. The van der Waals surface area contributed by atoms with Gasteiger partial charge in [0.15, 0.2) is 12.6 Å². The Bertz CT molecular complexity index is 651. The molecule has 0 aromatic heterocycles. The minimum absolute atomic E-state index is 0.0126. The van der Waals surface area contributed by atoms with Crippen LogP contribution in [-0.4, -0.2) is 139 Å². The number of carbonyl (C=O) groups is 1. The number of nitrogens with one attached hydrogen (secondary N) is 1. The summed E-state index contributed by atoms with van der Waals surface area (Å²) >= 11 is 0. The van der Waals surface area contributed by atoms with Crippen LogP contribution in [0.2, 0.25) is 0 Å². The predicted octanol–water partition coefficient (Wildman–Crippen LogP) is -5.27. The molecule has 33 heavy (non-hydrogen) atoms. The average Bonchev–Trinajstić information content (AvgIpc) is 2.82. The van der Waals surface area contributed by atoms with Crippen molar-refractivity contribution >= 4 is 6.29 Å². The lowest BCUT2D eigenvalue weighted by molar-refractivity contribution is -0.292. The molecule has 13 heteroatoms. The van der Waals surface area contributed by atoms with E-state index in [-0.39, 0.29) is 19.3 Å². The third-order valence-electron chi connectivity index (χ3n) is 6.23. The number of carbonyl (C=O) groups excluding carboxylic acids is 1. The van der Waals surface area contributed by atoms with Crippen LogP contribution < -0.4 is 5.32 Å². The molecule has 1 heterocycles. The molecule has 0 aromatic carbocycles. The second-order valence-electron chi connectivity index (χ2n) is 8.46. The number of aliphatic hydroxyl groups is 9. The van der Waals surface area contributed by atoms with Crippen molar-refractivity contribution in [2.24, 2.45) is 5.92 Å². The molecular weight excluding hydrogens is 446 g/mol. The lowest BCUT2D eigenvalue weighted by Crippen LogP contribution is -2.62. The molecule has 1 aliphatic heterocycles. The predicted molar refractivity (Wildman–Crippen MR) is 109 cm³/mol. The number of aldehydes is 1. The summed E-state index contributed by atoms with van der Waals surface area (Å²) < 4.78 is 10.9. The van der Waals surface area contributed by atoms with E-state index >= 15 is 0 Å². The highest BCUT2D eigenvalue weighted by Gasteiger charge is 2.44. The first-order valence-corrected chi connectivity index (χ1v) is 10.7. The van der Waals surface area contributed by atoms with Crippen LogP contribution in [0.5, 0.6) is 0 Å². The Morgan fingerprint density at radius 3 is 2.39 bits per heavy atom. The zero-order valence-corrected chi connectivity index (χ0v) is 18.2. The fraction of sp³-hybridized carbons (Fsp3) is 0.850. The van der Waals surface area contributed by atoms with E-state index in [2.05, 4.69) is 5.32 Å². The monoisotopic (exact) mass is 481 g/mol. The van der Waals surface area contributed by atoms with Gasteiger partial charge in [-0.3, -0.25) is 0 Å². The summed E-state index contributed by atoms with van der Waals surface area (Å²) in [4.78, 5) is 10.8. The van der Waals surface area contributed by atoms with E-state index in [1.165, 1.54) is 0 Å². The van der Waals surface area contributed by atoms with Gasteiger partial charge in [-0.1, -0.05) is 13.0 Å². The second kappa shape index (κ2) is 12.6. The van der Waals surface area contributed by atoms with E-state index in [4.69, 9.17) is 9.47 Å². The van der Waals surface area contributed by atoms with Crippen LogP contribution in [0.1, 0.15) is 13.3 Å². The summed E-state index contributed by atoms with van der Waals surface area (Å²) in [7, 11) is 0. The van der Waals surface area contributed by atoms with Gasteiger partial charge in [-0.15, -0.1) is 0 Å². The molecule has 10 N–H and O–H groups in total. The molecule has 0 aromatic rings. The fourth-order valence-electron chi connectivity index (χ4n) is 4.08. The van der Waals surface area contributed by atoms with Crippen LogP contribution in [0.3, 0.4) is 0 Å². The van der Waals surface area contributed by atoms with E-state index in [9.17, 15) is 50.8 Å². The Balaban J connectivity index is 2.13. The van der Waals surface area contributed by atoms with Gasteiger partial charge >= 0.3 is 0 Å². The molecule has 2 aliphatic rings. The number of hydrogen-bond donors (Lipinski definition) is 10. The van der Waals surface area contributed by atoms with Crippen molar-refractivity contribution in [3.05, 3.63) is 11.6 Å². The smallest absolute Gasteiger partial charge is 0.184 e. The van der Waals surface area contributed by atoms with E-state index in [1.54, 1.807) is 13.0 Å². The standard InChI is InChI=1S/C20H35NO12/c1-8-9(4-22)2-11(17(30)16(8)29)21-10-3-12(26)20(32-15(10)7-25)33-19(14(28)6-24)18(31)13(27)5-23/h2,5,8,10-22,24-31H,3-4,6-7H2,1H3/t8-,10?,11?,12?,13+,14?,15-,16?,17+,18-,19-,20?/m1/s1. The van der Waals surface area contributed by atoms with Crippen molar-refractivity contribution in [3.8, 4) is 0 Å². The molecule has 13 nitrogen and oxygen atoms in total. The lowest BCUT2D eigenvalue weighted by Gasteiger charge is -2.44. The van der Waals surface area contributed by atoms with Gasteiger partial charge in [-0.25, -0.2) is 0 Å². The zero-order valence-electron chi connectivity index (χ0n) is 18.2. The molecule has 1 fully saturated rings. The van der Waals surface area contributed by atoms with Crippen LogP contribution in [-0.2, 0) is 14.3 Å². The Morgan fingerprint density at radius 2 is 1.85 bits per heavy atom. The third kappa shape index (κ3) is 6.54. The minimum Gasteiger partial charge on any atom is -0.394 e. The summed E-state index contributed by atoms with van der Waals surface area (Å²) in [5, 5.41) is 92.2. The number of hydrogen-bond acceptors (Lipinski definition) is 13. The SMILES string of the molecule is C[C@@H]1C(CO)=CC(NC2CC(O)C(O[C@H](C(O)CO)[C@H](O)[C@@H](O)C=O)O[C@@H]2CO)[C@H](O)C1O. The summed E-state index contributed by atoms with van der Waals surface area (Å²) in [5.41, 5.74) is 0.507. The van der Waals surface area contributed by atoms with Gasteiger partial charge in [0.2, 0.25) is 0 Å². The Morgan fingerprint density at radius 1 is 1.18 bits per heavy atom. The molecule has 0 spiro atoms. The van der Waals surface area contributed by atoms with Crippen molar-refractivity contribution in [3.63, 3.8) is 0 Å². The first-order valence-electron chi connectivity index (χ1n) is 10.7. The zero-order chi connectivity index (χ0) is 24.9. The van der Waals surface area contributed by atoms with Crippen LogP contribution >= 0.6 is 0 Å². The third-order valence-corrected chi connectivity index (χ3v) is 6.23. The largest absolute Gasteiger partial charge is 0.394 e. The van der Waals surface area contributed by atoms with Gasteiger partial charge < -0.3 is 65.5 Å². The quantitative estimate of drug-likeness (QED) is 0.0983. The van der Waals surface area contributed by atoms with Crippen LogP contribution in [0.4, 0.5) is 0 Å². The van der Waals surface area contributed by atoms with Gasteiger partial charge in [-0.05, 0) is 12.0 Å². The number of aliphatic hydroxyl groups excluding tert-OH is 9. The normalized spacial score (nSPS) is 38.8. The lowest BCUT2D eigenvalue weighted by atomic mass is 9.82. The van der Waals surface area contributed by atoms with E-state index in [0.717, 1.165) is 0 Å². The molecule has 0 amide bonds. The first kappa shape index (κ1) is 28.2. The molecule has 6 unspecified atom stereocenters. The van der Waals surface area contributed by atoms with Gasteiger partial charge in [0, 0.05) is 12.0 Å². The molecular formula is C20H35NO12. The van der Waals surface area contributed by atoms with Crippen molar-refractivity contribution in [1.29, 1.82) is 0 Å². The summed E-state index contributed by atoms with van der Waals surface area (Å²) in [6, 6.07) is -1.56. The van der Waals surface area contributed by atoms with Gasteiger partial charge in [0.1, 0.15) is 30.5 Å². The van der Waals surface area contributed by atoms with Crippen molar-refractivity contribution < 1.29 is 60.2 Å². The van der Waals surface area contributed by atoms with E-state index in [0.29, 0.717) is 5.57 Å². The average molecular weight is 481 g/mol. The van der Waals surface area contributed by atoms with Crippen LogP contribution in [0.15, 0.2) is 11.6 Å². The molecule has 1 aliphatic carbocycles. The second-order valence-corrected chi connectivity index (χ2v) is 8.46. The van der Waals surface area contributed by atoms with E-state index in [1.807, 2.05) is 0 Å². The number of ether oxygens (including phenoxy) is 2. The number of rotatable bonds is 11. The highest BCUT2D eigenvalue weighted by molar-refractivity contribution is 5.56. The molecule has 12 atom stereocenters. The van der Waals surface area contributed by atoms with Crippen molar-refractivity contribution in [2.75, 3.05) is 19.8 Å². The highest BCUT2D eigenvalue weighted by atomic mass is 16.7. The highest BCUT2D eigenvalue weighted by Crippen LogP contribution is 2.29. The molecule has 192 valence electrons. The van der Waals surface area contributed by atoms with Gasteiger partial charge in [-0.2, -0.15) is 0 Å². The van der Waals surface area contributed by atoms with Gasteiger partial charge in [0.05, 0.1) is 44.2 Å².